The zero-order valence-corrected chi connectivity index (χ0v) is 8.18. The van der Waals surface area contributed by atoms with Gasteiger partial charge in [0.1, 0.15) is 0 Å². The first kappa shape index (κ1) is 12.0. The molecule has 0 aromatic carbocycles. The lowest BCUT2D eigenvalue weighted by Crippen LogP contribution is -2.01. The van der Waals surface area contributed by atoms with Gasteiger partial charge in [-0.25, -0.2) is 0 Å². The van der Waals surface area contributed by atoms with Gasteiger partial charge >= 0.3 is 5.97 Å². The van der Waals surface area contributed by atoms with Crippen LogP contribution < -0.4 is 5.50 Å². The molecule has 0 radical (unpaired) electrons. The summed E-state index contributed by atoms with van der Waals surface area (Å²) >= 11 is 4.39. The van der Waals surface area contributed by atoms with Crippen LogP contribution in [0.25, 0.3) is 0 Å². The lowest BCUT2D eigenvalue weighted by atomic mass is 10.2. The first-order chi connectivity index (χ1) is 5.42. The van der Waals surface area contributed by atoms with Gasteiger partial charge in [-0.15, -0.1) is 0 Å². The Bertz CT molecular complexity index is 192. The summed E-state index contributed by atoms with van der Waals surface area (Å²) in [6.07, 6.45) is 1.15. The second-order valence-corrected chi connectivity index (χ2v) is 5.20. The number of carboxylic acids is 1. The van der Waals surface area contributed by atoms with Crippen molar-refractivity contribution < 1.29 is 19.3 Å². The number of unbranched alkanes of at least 4 members (excludes halogenated alkanes) is 1. The third-order valence-corrected chi connectivity index (χ3v) is 1.93. The van der Waals surface area contributed by atoms with Gasteiger partial charge in [-0.2, -0.15) is 0 Å². The average molecular weight is 213 g/mol. The molecule has 0 amide bonds. The Hall–Kier alpha value is 0. The van der Waals surface area contributed by atoms with Crippen LogP contribution in [0, 0.1) is 0 Å². The maximum Gasteiger partial charge on any atom is 0.303 e. The molecule has 0 bridgehead atoms. The van der Waals surface area contributed by atoms with E-state index in [0.717, 1.165) is 0 Å². The summed E-state index contributed by atoms with van der Waals surface area (Å²) in [4.78, 5) is 18.8. The van der Waals surface area contributed by atoms with E-state index in [0.29, 0.717) is 12.8 Å². The van der Waals surface area contributed by atoms with Crippen molar-refractivity contribution in [1.29, 1.82) is 0 Å². The molecule has 0 aliphatic carbocycles. The number of carbonyl (C=O) groups is 1. The van der Waals surface area contributed by atoms with Gasteiger partial charge in [-0.05, 0) is 24.6 Å². The zero-order chi connectivity index (χ0) is 9.61. The fourth-order valence-corrected chi connectivity index (χ4v) is 1.19. The molecule has 0 heterocycles. The van der Waals surface area contributed by atoms with Gasteiger partial charge in [0.15, 0.2) is 0 Å². The number of nitrogens with two attached hydrogens (primary N) is 1. The van der Waals surface area contributed by atoms with Gasteiger partial charge in [-0.3, -0.25) is 10.3 Å². The smallest absolute Gasteiger partial charge is 0.303 e. The Kier molecular flexibility index (Phi) is 5.61. The number of hydrogen-bond donors (Lipinski definition) is 3. The molecule has 12 heavy (non-hydrogen) atoms. The van der Waals surface area contributed by atoms with Crippen molar-refractivity contribution in [1.82, 2.24) is 0 Å². The molecular weight excluding hydrogens is 201 g/mol. The van der Waals surface area contributed by atoms with Gasteiger partial charge in [0.05, 0.1) is 6.61 Å². The largest absolute Gasteiger partial charge is 0.481 e. The Morgan fingerprint density at radius 1 is 1.58 bits per heavy atom. The van der Waals surface area contributed by atoms with Gasteiger partial charge in [0.25, 0.3) is 6.64 Å². The molecule has 0 aromatic rings. The fourth-order valence-electron chi connectivity index (χ4n) is 0.574. The van der Waals surface area contributed by atoms with Gasteiger partial charge in [-0.1, -0.05) is 0 Å². The second kappa shape index (κ2) is 5.61. The highest BCUT2D eigenvalue weighted by atomic mass is 32.5. The molecule has 0 aliphatic heterocycles. The van der Waals surface area contributed by atoms with E-state index in [2.05, 4.69) is 16.3 Å². The van der Waals surface area contributed by atoms with Gasteiger partial charge < -0.3 is 14.5 Å². The summed E-state index contributed by atoms with van der Waals surface area (Å²) in [5.41, 5.74) is 5.02. The van der Waals surface area contributed by atoms with Crippen LogP contribution >= 0.6 is 6.64 Å². The molecule has 5 nitrogen and oxygen atoms in total. The topological polar surface area (TPSA) is 92.8 Å². The number of aliphatic carboxylic acids is 1. The first-order valence-corrected chi connectivity index (χ1v) is 6.14. The van der Waals surface area contributed by atoms with Crippen LogP contribution in [0.2, 0.25) is 0 Å². The van der Waals surface area contributed by atoms with Crippen molar-refractivity contribution in [2.45, 2.75) is 19.3 Å². The summed E-state index contributed by atoms with van der Waals surface area (Å²) in [6, 6.07) is 0. The van der Waals surface area contributed by atoms with Gasteiger partial charge in [0.2, 0.25) is 0 Å². The molecule has 0 rings (SSSR count). The minimum atomic E-state index is -3.04. The molecule has 72 valence electrons. The third-order valence-electron chi connectivity index (χ3n) is 1.06. The molecule has 0 spiro atoms. The van der Waals surface area contributed by atoms with Crippen LogP contribution in [0.15, 0.2) is 0 Å². The highest BCUT2D eigenvalue weighted by molar-refractivity contribution is 8.08. The van der Waals surface area contributed by atoms with E-state index in [4.69, 9.17) is 15.5 Å². The molecule has 1 unspecified atom stereocenters. The van der Waals surface area contributed by atoms with Crippen molar-refractivity contribution in [2.75, 3.05) is 6.61 Å². The van der Waals surface area contributed by atoms with E-state index >= 15 is 0 Å². The minimum absolute atomic E-state index is 0.0994. The van der Waals surface area contributed by atoms with Crippen LogP contribution in [0.3, 0.4) is 0 Å². The van der Waals surface area contributed by atoms with E-state index in [1.165, 1.54) is 0 Å². The van der Waals surface area contributed by atoms with Crippen molar-refractivity contribution in [3.8, 4) is 0 Å². The molecule has 0 fully saturated rings. The second-order valence-electron chi connectivity index (χ2n) is 2.25. The van der Waals surface area contributed by atoms with Gasteiger partial charge in [0, 0.05) is 6.42 Å². The highest BCUT2D eigenvalue weighted by Gasteiger charge is 2.04. The molecule has 4 N–H and O–H groups in total. The highest BCUT2D eigenvalue weighted by Crippen LogP contribution is 2.31. The SMILES string of the molecule is NP(O)(=S)OCCCCC(=O)O. The Morgan fingerprint density at radius 3 is 2.58 bits per heavy atom. The molecule has 1 atom stereocenters. The van der Waals surface area contributed by atoms with Crippen LogP contribution in [0.5, 0.6) is 0 Å². The summed E-state index contributed by atoms with van der Waals surface area (Å²) in [7, 11) is 0. The third kappa shape index (κ3) is 10.0. The molecular formula is C5H12NO4PS. The Morgan fingerprint density at radius 2 is 2.17 bits per heavy atom. The maximum atomic E-state index is 10.0. The van der Waals surface area contributed by atoms with Crippen LogP contribution in [0.1, 0.15) is 19.3 Å². The first-order valence-electron chi connectivity index (χ1n) is 3.39. The van der Waals surface area contributed by atoms with Crippen molar-refractivity contribution in [2.24, 2.45) is 5.50 Å². The van der Waals surface area contributed by atoms with Crippen molar-refractivity contribution >= 4 is 24.4 Å². The van der Waals surface area contributed by atoms with E-state index in [1.54, 1.807) is 0 Å². The maximum absolute atomic E-state index is 10.0. The summed E-state index contributed by atoms with van der Waals surface area (Å²) in [5, 5.41) is 8.24. The number of hydrogen-bond acceptors (Lipinski definition) is 3. The predicted octanol–water partition coefficient (Wildman–Crippen LogP) is 0.433. The van der Waals surface area contributed by atoms with Crippen LogP contribution in [-0.2, 0) is 21.1 Å². The summed E-state index contributed by atoms with van der Waals surface area (Å²) in [6.45, 7) is -2.82. The minimum Gasteiger partial charge on any atom is -0.481 e. The predicted molar refractivity (Wildman–Crippen MR) is 48.1 cm³/mol. The average Bonchev–Trinajstić information content (AvgIpc) is 1.83. The lowest BCUT2D eigenvalue weighted by Gasteiger charge is -2.08. The Labute approximate surface area is 75.8 Å². The number of rotatable bonds is 6. The molecule has 0 saturated heterocycles. The molecule has 0 aliphatic rings. The molecule has 7 heteroatoms. The standard InChI is InChI=1S/C5H12NO4PS/c6-11(9,12)10-4-2-1-3-5(7)8/h1-4H2,(H,7,8)(H3,6,9,12). The normalized spacial score (nSPS) is 15.5. The van der Waals surface area contributed by atoms with Crippen LogP contribution in [0.4, 0.5) is 0 Å². The van der Waals surface area contributed by atoms with E-state index in [9.17, 15) is 4.79 Å². The van der Waals surface area contributed by atoms with Crippen molar-refractivity contribution in [3.63, 3.8) is 0 Å². The summed E-state index contributed by atoms with van der Waals surface area (Å²) in [5.74, 6) is -0.842. The van der Waals surface area contributed by atoms with Crippen molar-refractivity contribution in [3.05, 3.63) is 0 Å². The van der Waals surface area contributed by atoms with E-state index in [-0.39, 0.29) is 13.0 Å². The monoisotopic (exact) mass is 213 g/mol. The quantitative estimate of drug-likeness (QED) is 0.437. The van der Waals surface area contributed by atoms with E-state index in [1.807, 2.05) is 0 Å². The fraction of sp³-hybridized carbons (Fsp3) is 0.800. The van der Waals surface area contributed by atoms with E-state index < -0.39 is 12.6 Å². The van der Waals surface area contributed by atoms with Crippen LogP contribution in [-0.4, -0.2) is 22.6 Å². The molecule has 0 saturated carbocycles. The summed E-state index contributed by atoms with van der Waals surface area (Å²) < 4.78 is 4.68. The molecule has 0 aromatic heterocycles. The zero-order valence-electron chi connectivity index (χ0n) is 6.47. The Balaban J connectivity index is 3.23. The lowest BCUT2D eigenvalue weighted by molar-refractivity contribution is -0.137. The number of carboxylic acid groups (broad SMARTS) is 1.